The zero-order chi connectivity index (χ0) is 26.0. The molecular weight excluding hydrogens is 482 g/mol. The predicted octanol–water partition coefficient (Wildman–Crippen LogP) is 5.37. The molecule has 2 atom stereocenters. The molecule has 0 radical (unpaired) electrons. The topological polar surface area (TPSA) is 102 Å². The first kappa shape index (κ1) is 26.3. The van der Waals surface area contributed by atoms with Gasteiger partial charge in [0.1, 0.15) is 18.1 Å². The van der Waals surface area contributed by atoms with Crippen LogP contribution in [0.25, 0.3) is 0 Å². The van der Waals surface area contributed by atoms with E-state index in [0.29, 0.717) is 29.7 Å². The third-order valence-electron chi connectivity index (χ3n) is 5.83. The maximum absolute atomic E-state index is 14.7. The van der Waals surface area contributed by atoms with E-state index in [0.717, 1.165) is 6.20 Å². The molecule has 0 bridgehead atoms. The van der Waals surface area contributed by atoms with Crippen molar-refractivity contribution < 1.29 is 33.3 Å². The van der Waals surface area contributed by atoms with Crippen molar-refractivity contribution in [2.75, 3.05) is 7.11 Å². The minimum atomic E-state index is -3.56. The Morgan fingerprint density at radius 2 is 1.89 bits per heavy atom. The Labute approximate surface area is 206 Å². The molecule has 10 heteroatoms. The average Bonchev–Trinajstić information content (AvgIpc) is 2.81. The van der Waals surface area contributed by atoms with E-state index < -0.39 is 23.4 Å². The van der Waals surface area contributed by atoms with E-state index in [1.165, 1.54) is 44.5 Å². The minimum Gasteiger partial charge on any atom is -0.496 e. The fraction of sp³-hybridized carbons (Fsp3) is 0.320. The highest BCUT2D eigenvalue weighted by Crippen LogP contribution is 2.48. The van der Waals surface area contributed by atoms with Gasteiger partial charge in [0.2, 0.25) is 0 Å². The number of aromatic carboxylic acids is 1. The van der Waals surface area contributed by atoms with E-state index in [-0.39, 0.29) is 28.5 Å². The number of benzene rings is 2. The van der Waals surface area contributed by atoms with Crippen LogP contribution in [0.5, 0.6) is 11.5 Å². The SMILES string of the molecule is COc1cc(C(=O)O)ccc1COc1ccc([C@@H](C)[C@@](O)(c2cnc(C)cn2)C(C)(F)F)c(Cl)c1. The Hall–Kier alpha value is -3.30. The van der Waals surface area contributed by atoms with Crippen LogP contribution >= 0.6 is 11.6 Å². The number of alkyl halides is 2. The molecule has 0 aliphatic carbocycles. The summed E-state index contributed by atoms with van der Waals surface area (Å²) in [4.78, 5) is 19.1. The molecule has 186 valence electrons. The van der Waals surface area contributed by atoms with Crippen molar-refractivity contribution in [3.05, 3.63) is 81.9 Å². The number of halogens is 3. The fourth-order valence-corrected chi connectivity index (χ4v) is 4.08. The maximum atomic E-state index is 14.7. The molecular formula is C25H25ClF2N2O5. The van der Waals surface area contributed by atoms with Gasteiger partial charge in [-0.05, 0) is 36.8 Å². The lowest BCUT2D eigenvalue weighted by molar-refractivity contribution is -0.189. The van der Waals surface area contributed by atoms with Crippen LogP contribution in [-0.2, 0) is 12.2 Å². The summed E-state index contributed by atoms with van der Waals surface area (Å²) in [5, 5.41) is 20.4. The van der Waals surface area contributed by atoms with Gasteiger partial charge >= 0.3 is 5.97 Å². The first-order valence-corrected chi connectivity index (χ1v) is 11.0. The third-order valence-corrected chi connectivity index (χ3v) is 6.16. The first-order chi connectivity index (χ1) is 16.4. The average molecular weight is 507 g/mol. The maximum Gasteiger partial charge on any atom is 0.335 e. The number of rotatable bonds is 9. The number of aliphatic hydroxyl groups is 1. The van der Waals surface area contributed by atoms with Crippen LogP contribution in [0.4, 0.5) is 8.78 Å². The van der Waals surface area contributed by atoms with Crippen molar-refractivity contribution in [1.29, 1.82) is 0 Å². The Morgan fingerprint density at radius 3 is 2.43 bits per heavy atom. The number of methoxy groups -OCH3 is 1. The number of carbonyl (C=O) groups is 1. The number of aromatic nitrogens is 2. The zero-order valence-electron chi connectivity index (χ0n) is 19.6. The van der Waals surface area contributed by atoms with Gasteiger partial charge in [-0.3, -0.25) is 9.97 Å². The molecule has 0 aliphatic heterocycles. The second-order valence-electron chi connectivity index (χ2n) is 8.22. The number of carboxylic acid groups (broad SMARTS) is 1. The van der Waals surface area contributed by atoms with Gasteiger partial charge in [0.05, 0.1) is 30.3 Å². The quantitative estimate of drug-likeness (QED) is 0.402. The van der Waals surface area contributed by atoms with Crippen molar-refractivity contribution in [3.63, 3.8) is 0 Å². The summed E-state index contributed by atoms with van der Waals surface area (Å²) in [6.07, 6.45) is 2.45. The highest BCUT2D eigenvalue weighted by molar-refractivity contribution is 6.31. The highest BCUT2D eigenvalue weighted by atomic mass is 35.5. The molecule has 0 spiro atoms. The van der Waals surface area contributed by atoms with Gasteiger partial charge in [0.25, 0.3) is 5.92 Å². The monoisotopic (exact) mass is 506 g/mol. The van der Waals surface area contributed by atoms with Crippen LogP contribution in [-0.4, -0.2) is 39.2 Å². The number of aryl methyl sites for hydroxylation is 1. The molecule has 0 saturated heterocycles. The molecule has 0 fully saturated rings. The highest BCUT2D eigenvalue weighted by Gasteiger charge is 2.56. The summed E-state index contributed by atoms with van der Waals surface area (Å²) in [6.45, 7) is 3.77. The van der Waals surface area contributed by atoms with Gasteiger partial charge in [-0.25, -0.2) is 13.6 Å². The van der Waals surface area contributed by atoms with Gasteiger partial charge in [-0.1, -0.05) is 30.7 Å². The normalized spacial score (nSPS) is 14.2. The Balaban J connectivity index is 1.87. The molecule has 2 aromatic carbocycles. The second kappa shape index (κ2) is 10.1. The molecule has 1 heterocycles. The molecule has 7 nitrogen and oxygen atoms in total. The van der Waals surface area contributed by atoms with Gasteiger partial charge in [0.15, 0.2) is 5.60 Å². The number of hydrogen-bond donors (Lipinski definition) is 2. The lowest BCUT2D eigenvalue weighted by Crippen LogP contribution is -2.48. The molecule has 2 N–H and O–H groups in total. The van der Waals surface area contributed by atoms with Gasteiger partial charge in [-0.15, -0.1) is 0 Å². The van der Waals surface area contributed by atoms with E-state index in [9.17, 15) is 18.7 Å². The molecule has 0 amide bonds. The van der Waals surface area contributed by atoms with Gasteiger partial charge < -0.3 is 19.7 Å². The minimum absolute atomic E-state index is 0.0459. The summed E-state index contributed by atoms with van der Waals surface area (Å²) < 4.78 is 40.5. The second-order valence-corrected chi connectivity index (χ2v) is 8.63. The summed E-state index contributed by atoms with van der Waals surface area (Å²) in [6, 6.07) is 8.91. The molecule has 0 unspecified atom stereocenters. The predicted molar refractivity (Wildman–Crippen MR) is 125 cm³/mol. The number of carboxylic acids is 1. The molecule has 3 rings (SSSR count). The van der Waals surface area contributed by atoms with Crippen LogP contribution in [0.2, 0.25) is 5.02 Å². The van der Waals surface area contributed by atoms with E-state index in [1.807, 2.05) is 0 Å². The van der Waals surface area contributed by atoms with E-state index >= 15 is 0 Å². The first-order valence-electron chi connectivity index (χ1n) is 10.6. The van der Waals surface area contributed by atoms with E-state index in [2.05, 4.69) is 9.97 Å². The van der Waals surface area contributed by atoms with Crippen molar-refractivity contribution >= 4 is 17.6 Å². The van der Waals surface area contributed by atoms with Crippen molar-refractivity contribution in [3.8, 4) is 11.5 Å². The van der Waals surface area contributed by atoms with Gasteiger partial charge in [0, 0.05) is 29.6 Å². The largest absolute Gasteiger partial charge is 0.496 e. The number of nitrogens with zero attached hydrogens (tertiary/aromatic N) is 2. The number of hydrogen-bond acceptors (Lipinski definition) is 6. The lowest BCUT2D eigenvalue weighted by Gasteiger charge is -2.38. The Bertz CT molecular complexity index is 1220. The molecule has 0 saturated carbocycles. The smallest absolute Gasteiger partial charge is 0.335 e. The molecule has 0 aliphatic rings. The van der Waals surface area contributed by atoms with Gasteiger partial charge in [-0.2, -0.15) is 0 Å². The summed E-state index contributed by atoms with van der Waals surface area (Å²) in [7, 11) is 1.42. The molecule has 1 aromatic heterocycles. The third kappa shape index (κ3) is 5.36. The van der Waals surface area contributed by atoms with Crippen LogP contribution in [0.3, 0.4) is 0 Å². The van der Waals surface area contributed by atoms with Crippen LogP contribution in [0.1, 0.15) is 52.6 Å². The van der Waals surface area contributed by atoms with Crippen LogP contribution < -0.4 is 9.47 Å². The van der Waals surface area contributed by atoms with Crippen molar-refractivity contribution in [2.45, 2.75) is 44.8 Å². The van der Waals surface area contributed by atoms with Crippen molar-refractivity contribution in [2.24, 2.45) is 0 Å². The molecule has 3 aromatic rings. The summed E-state index contributed by atoms with van der Waals surface area (Å²) in [5.41, 5.74) is -1.46. The van der Waals surface area contributed by atoms with E-state index in [4.69, 9.17) is 26.2 Å². The Kier molecular flexibility index (Phi) is 7.62. The van der Waals surface area contributed by atoms with Crippen LogP contribution in [0.15, 0.2) is 48.8 Å². The van der Waals surface area contributed by atoms with E-state index in [1.54, 1.807) is 19.1 Å². The fourth-order valence-electron chi connectivity index (χ4n) is 3.75. The number of ether oxygens (including phenoxy) is 2. The molecule has 35 heavy (non-hydrogen) atoms. The van der Waals surface area contributed by atoms with Crippen LogP contribution in [0, 0.1) is 6.92 Å². The van der Waals surface area contributed by atoms with Crippen molar-refractivity contribution in [1.82, 2.24) is 9.97 Å². The standard InChI is InChI=1S/C25H25ClF2N2O5/c1-14-11-30-22(12-29-14)25(33,24(3,27)28)15(2)19-8-7-18(10-20(19)26)35-13-17-6-5-16(23(31)32)9-21(17)34-4/h5-12,15,33H,13H2,1-4H3,(H,31,32)/t15-,25-/m1/s1. The summed E-state index contributed by atoms with van der Waals surface area (Å²) in [5.74, 6) is -5.10. The zero-order valence-corrected chi connectivity index (χ0v) is 20.3. The Morgan fingerprint density at radius 1 is 1.17 bits per heavy atom. The lowest BCUT2D eigenvalue weighted by atomic mass is 9.77. The summed E-state index contributed by atoms with van der Waals surface area (Å²) >= 11 is 6.43.